The number of anilines is 1. The van der Waals surface area contributed by atoms with Gasteiger partial charge in [0.05, 0.1) is 12.7 Å². The topological polar surface area (TPSA) is 71.3 Å². The fourth-order valence-electron chi connectivity index (χ4n) is 3.77. The Morgan fingerprint density at radius 3 is 2.39 bits per heavy atom. The third kappa shape index (κ3) is 5.17. The van der Waals surface area contributed by atoms with Crippen molar-refractivity contribution in [3.8, 4) is 0 Å². The Hall–Kier alpha value is -3.48. The van der Waals surface area contributed by atoms with Gasteiger partial charge >= 0.3 is 0 Å². The predicted octanol–water partition coefficient (Wildman–Crippen LogP) is 3.29. The summed E-state index contributed by atoms with van der Waals surface area (Å²) >= 11 is 0. The van der Waals surface area contributed by atoms with Crippen molar-refractivity contribution in [2.45, 2.75) is 32.7 Å². The summed E-state index contributed by atoms with van der Waals surface area (Å²) < 4.78 is 1.64. The van der Waals surface area contributed by atoms with Crippen LogP contribution in [0.4, 0.5) is 5.69 Å². The Labute approximate surface area is 182 Å². The van der Waals surface area contributed by atoms with Crippen molar-refractivity contribution in [3.63, 3.8) is 0 Å². The number of nitrogens with zero attached hydrogens (tertiary/aromatic N) is 5. The number of carbonyl (C=O) groups is 2. The molecule has 160 valence electrons. The van der Waals surface area contributed by atoms with Crippen LogP contribution in [0.3, 0.4) is 0 Å². The van der Waals surface area contributed by atoms with Crippen molar-refractivity contribution in [2.75, 3.05) is 24.5 Å². The van der Waals surface area contributed by atoms with E-state index >= 15 is 0 Å². The number of piperidine rings is 1. The summed E-state index contributed by atoms with van der Waals surface area (Å²) in [5.41, 5.74) is 3.07. The Morgan fingerprint density at radius 1 is 0.968 bits per heavy atom. The molecule has 7 nitrogen and oxygen atoms in total. The number of amides is 2. The van der Waals surface area contributed by atoms with Crippen molar-refractivity contribution < 1.29 is 9.59 Å². The first-order valence-corrected chi connectivity index (χ1v) is 10.7. The van der Waals surface area contributed by atoms with E-state index in [9.17, 15) is 9.59 Å². The SMILES string of the molecule is Cc1ccc(N(CC(=O)N2CCCCC2)C(=O)c2cn(Cc3ccccc3)nn2)cc1. The van der Waals surface area contributed by atoms with Gasteiger partial charge in [-0.3, -0.25) is 14.5 Å². The third-order valence-corrected chi connectivity index (χ3v) is 5.54. The zero-order valence-electron chi connectivity index (χ0n) is 17.8. The molecule has 0 spiro atoms. The van der Waals surface area contributed by atoms with Gasteiger partial charge in [0.2, 0.25) is 5.91 Å². The number of aryl methyl sites for hydroxylation is 1. The fraction of sp³-hybridized carbons (Fsp3) is 0.333. The zero-order chi connectivity index (χ0) is 21.6. The Kier molecular flexibility index (Phi) is 6.40. The second kappa shape index (κ2) is 9.55. The molecule has 0 aliphatic carbocycles. The number of benzene rings is 2. The molecular weight excluding hydrogens is 390 g/mol. The molecule has 1 aliphatic heterocycles. The van der Waals surface area contributed by atoms with Crippen LogP contribution in [-0.2, 0) is 11.3 Å². The molecule has 0 N–H and O–H groups in total. The molecule has 0 atom stereocenters. The minimum Gasteiger partial charge on any atom is -0.341 e. The maximum atomic E-state index is 13.4. The summed E-state index contributed by atoms with van der Waals surface area (Å²) in [7, 11) is 0. The summed E-state index contributed by atoms with van der Waals surface area (Å²) in [6.07, 6.45) is 4.81. The van der Waals surface area contributed by atoms with Crippen LogP contribution in [0.2, 0.25) is 0 Å². The molecule has 2 aromatic carbocycles. The second-order valence-corrected chi connectivity index (χ2v) is 7.96. The van der Waals surface area contributed by atoms with E-state index in [2.05, 4.69) is 10.3 Å². The molecule has 2 amide bonds. The van der Waals surface area contributed by atoms with E-state index in [1.165, 1.54) is 4.90 Å². The molecule has 3 aromatic rings. The summed E-state index contributed by atoms with van der Waals surface area (Å²) in [4.78, 5) is 29.6. The summed E-state index contributed by atoms with van der Waals surface area (Å²) in [5, 5.41) is 8.21. The summed E-state index contributed by atoms with van der Waals surface area (Å²) in [6, 6.07) is 17.5. The highest BCUT2D eigenvalue weighted by Gasteiger charge is 2.26. The van der Waals surface area contributed by atoms with Crippen molar-refractivity contribution in [2.24, 2.45) is 0 Å². The number of aromatic nitrogens is 3. The quantitative estimate of drug-likeness (QED) is 0.617. The Bertz CT molecular complexity index is 1020. The monoisotopic (exact) mass is 417 g/mol. The van der Waals surface area contributed by atoms with Gasteiger partial charge in [-0.2, -0.15) is 0 Å². The average Bonchev–Trinajstić information content (AvgIpc) is 3.27. The molecule has 2 heterocycles. The van der Waals surface area contributed by atoms with Gasteiger partial charge < -0.3 is 4.90 Å². The number of hydrogen-bond donors (Lipinski definition) is 0. The molecule has 31 heavy (non-hydrogen) atoms. The van der Waals surface area contributed by atoms with Crippen molar-refractivity contribution in [3.05, 3.63) is 77.6 Å². The lowest BCUT2D eigenvalue weighted by molar-refractivity contribution is -0.130. The van der Waals surface area contributed by atoms with Crippen LogP contribution in [0.1, 0.15) is 40.9 Å². The Morgan fingerprint density at radius 2 is 1.68 bits per heavy atom. The number of likely N-dealkylation sites (tertiary alicyclic amines) is 1. The maximum absolute atomic E-state index is 13.4. The molecule has 1 aromatic heterocycles. The van der Waals surface area contributed by atoms with Gasteiger partial charge in [-0.05, 0) is 43.9 Å². The largest absolute Gasteiger partial charge is 0.341 e. The lowest BCUT2D eigenvalue weighted by Crippen LogP contribution is -2.45. The molecule has 1 saturated heterocycles. The highest BCUT2D eigenvalue weighted by Crippen LogP contribution is 2.19. The smallest absolute Gasteiger partial charge is 0.280 e. The number of hydrogen-bond acceptors (Lipinski definition) is 4. The minimum absolute atomic E-state index is 0.00651. The van der Waals surface area contributed by atoms with Crippen LogP contribution in [0.15, 0.2) is 60.8 Å². The van der Waals surface area contributed by atoms with Crippen LogP contribution in [-0.4, -0.2) is 51.3 Å². The maximum Gasteiger partial charge on any atom is 0.280 e. The van der Waals surface area contributed by atoms with Gasteiger partial charge in [0.1, 0.15) is 6.54 Å². The second-order valence-electron chi connectivity index (χ2n) is 7.96. The van der Waals surface area contributed by atoms with Gasteiger partial charge in [-0.15, -0.1) is 5.10 Å². The van der Waals surface area contributed by atoms with Crippen molar-refractivity contribution in [1.29, 1.82) is 0 Å². The minimum atomic E-state index is -0.325. The first-order chi connectivity index (χ1) is 15.1. The summed E-state index contributed by atoms with van der Waals surface area (Å²) in [6.45, 7) is 4.01. The highest BCUT2D eigenvalue weighted by atomic mass is 16.2. The van der Waals surface area contributed by atoms with Crippen LogP contribution in [0, 0.1) is 6.92 Å². The van der Waals surface area contributed by atoms with Crippen molar-refractivity contribution in [1.82, 2.24) is 19.9 Å². The molecular formula is C24H27N5O2. The lowest BCUT2D eigenvalue weighted by Gasteiger charge is -2.30. The van der Waals surface area contributed by atoms with Crippen molar-refractivity contribution >= 4 is 17.5 Å². The van der Waals surface area contributed by atoms with Gasteiger partial charge in [-0.25, -0.2) is 4.68 Å². The molecule has 1 aliphatic rings. The molecule has 1 fully saturated rings. The molecule has 4 rings (SSSR count). The van der Waals surface area contributed by atoms with Gasteiger partial charge in [0.15, 0.2) is 5.69 Å². The van der Waals surface area contributed by atoms with E-state index in [-0.39, 0.29) is 24.1 Å². The number of carbonyl (C=O) groups excluding carboxylic acids is 2. The van der Waals surface area contributed by atoms with E-state index in [4.69, 9.17) is 0 Å². The van der Waals surface area contributed by atoms with Gasteiger partial charge in [0, 0.05) is 18.8 Å². The lowest BCUT2D eigenvalue weighted by atomic mass is 10.1. The molecule has 0 saturated carbocycles. The first kappa shape index (κ1) is 20.8. The van der Waals surface area contributed by atoms with Gasteiger partial charge in [0.25, 0.3) is 5.91 Å². The summed E-state index contributed by atoms with van der Waals surface area (Å²) in [5.74, 6) is -0.362. The normalized spacial score (nSPS) is 13.8. The van der Waals surface area contributed by atoms with Crippen LogP contribution in [0.5, 0.6) is 0 Å². The van der Waals surface area contributed by atoms with Crippen LogP contribution >= 0.6 is 0 Å². The van der Waals surface area contributed by atoms with Crippen LogP contribution < -0.4 is 4.90 Å². The van der Waals surface area contributed by atoms with E-state index < -0.39 is 0 Å². The molecule has 0 unspecified atom stereocenters. The van der Waals surface area contributed by atoms with E-state index in [1.54, 1.807) is 10.9 Å². The van der Waals surface area contributed by atoms with E-state index in [0.29, 0.717) is 12.2 Å². The molecule has 0 bridgehead atoms. The predicted molar refractivity (Wildman–Crippen MR) is 119 cm³/mol. The van der Waals surface area contributed by atoms with E-state index in [1.807, 2.05) is 66.4 Å². The average molecular weight is 418 g/mol. The van der Waals surface area contributed by atoms with E-state index in [0.717, 1.165) is 43.5 Å². The Balaban J connectivity index is 1.55. The van der Waals surface area contributed by atoms with Crippen LogP contribution in [0.25, 0.3) is 0 Å². The number of rotatable bonds is 6. The van der Waals surface area contributed by atoms with Gasteiger partial charge in [-0.1, -0.05) is 53.2 Å². The fourth-order valence-corrected chi connectivity index (χ4v) is 3.77. The zero-order valence-corrected chi connectivity index (χ0v) is 17.8. The standard InChI is InChI=1S/C24H27N5O2/c1-19-10-12-21(13-11-19)29(18-23(30)27-14-6-3-7-15-27)24(31)22-17-28(26-25-22)16-20-8-4-2-5-9-20/h2,4-5,8-13,17H,3,6-7,14-16,18H2,1H3. The molecule has 0 radical (unpaired) electrons. The first-order valence-electron chi connectivity index (χ1n) is 10.7. The molecule has 7 heteroatoms. The highest BCUT2D eigenvalue weighted by molar-refractivity contribution is 6.07. The third-order valence-electron chi connectivity index (χ3n) is 5.54.